The number of carbonyl (C=O) groups is 1. The maximum absolute atomic E-state index is 11.8. The lowest BCUT2D eigenvalue weighted by molar-refractivity contribution is -0.125. The first-order valence-electron chi connectivity index (χ1n) is 6.15. The van der Waals surface area contributed by atoms with Gasteiger partial charge in [-0.05, 0) is 38.0 Å². The van der Waals surface area contributed by atoms with Gasteiger partial charge in [-0.1, -0.05) is 0 Å². The van der Waals surface area contributed by atoms with Gasteiger partial charge in [0.05, 0.1) is 18.6 Å². The predicted octanol–water partition coefficient (Wildman–Crippen LogP) is 0.690. The van der Waals surface area contributed by atoms with Crippen molar-refractivity contribution in [3.63, 3.8) is 0 Å². The molecule has 1 saturated heterocycles. The Morgan fingerprint density at radius 3 is 2.81 bits per heavy atom. The van der Waals surface area contributed by atoms with Crippen LogP contribution in [-0.4, -0.2) is 36.9 Å². The van der Waals surface area contributed by atoms with Crippen molar-refractivity contribution in [3.05, 3.63) is 0 Å². The fraction of sp³-hybridized carbons (Fsp3) is 0.917. The summed E-state index contributed by atoms with van der Waals surface area (Å²) >= 11 is 0. The molecule has 0 spiro atoms. The number of aliphatic hydroxyl groups is 1. The van der Waals surface area contributed by atoms with Crippen LogP contribution in [0.2, 0.25) is 0 Å². The van der Waals surface area contributed by atoms with Crippen molar-refractivity contribution in [2.24, 2.45) is 11.3 Å². The van der Waals surface area contributed by atoms with E-state index in [1.165, 1.54) is 0 Å². The summed E-state index contributed by atoms with van der Waals surface area (Å²) in [7, 11) is 0. The van der Waals surface area contributed by atoms with Crippen molar-refractivity contribution in [1.29, 1.82) is 0 Å². The number of carbonyl (C=O) groups excluding carboxylic acids is 1. The SMILES string of the molecule is CC1CC(C(=O)NCC2(CCO)CC2)CO1. The first-order valence-corrected chi connectivity index (χ1v) is 6.15. The van der Waals surface area contributed by atoms with Gasteiger partial charge in [0.1, 0.15) is 0 Å². The molecule has 2 N–H and O–H groups in total. The van der Waals surface area contributed by atoms with Crippen LogP contribution in [0, 0.1) is 11.3 Å². The smallest absolute Gasteiger partial charge is 0.225 e. The average molecular weight is 227 g/mol. The molecule has 16 heavy (non-hydrogen) atoms. The Kier molecular flexibility index (Phi) is 3.50. The topological polar surface area (TPSA) is 58.6 Å². The van der Waals surface area contributed by atoms with Gasteiger partial charge in [0.2, 0.25) is 5.91 Å². The molecule has 0 aromatic rings. The maximum atomic E-state index is 11.8. The predicted molar refractivity (Wildman–Crippen MR) is 59.9 cm³/mol. The minimum atomic E-state index is 0.0277. The average Bonchev–Trinajstić information content (AvgIpc) is 2.89. The van der Waals surface area contributed by atoms with Crippen LogP contribution < -0.4 is 5.32 Å². The van der Waals surface area contributed by atoms with Crippen LogP contribution >= 0.6 is 0 Å². The summed E-state index contributed by atoms with van der Waals surface area (Å²) in [5, 5.41) is 11.9. The van der Waals surface area contributed by atoms with Gasteiger partial charge in [-0.2, -0.15) is 0 Å². The highest BCUT2D eigenvalue weighted by Gasteiger charge is 2.42. The fourth-order valence-electron chi connectivity index (χ4n) is 2.35. The van der Waals surface area contributed by atoms with E-state index in [1.54, 1.807) is 0 Å². The zero-order valence-electron chi connectivity index (χ0n) is 9.87. The first kappa shape index (κ1) is 11.9. The Labute approximate surface area is 96.4 Å². The van der Waals surface area contributed by atoms with Gasteiger partial charge in [0.15, 0.2) is 0 Å². The lowest BCUT2D eigenvalue weighted by Crippen LogP contribution is -2.35. The van der Waals surface area contributed by atoms with Crippen LogP contribution in [-0.2, 0) is 9.53 Å². The Morgan fingerprint density at radius 2 is 2.31 bits per heavy atom. The molecule has 0 aromatic heterocycles. The molecule has 2 unspecified atom stereocenters. The number of rotatable bonds is 5. The largest absolute Gasteiger partial charge is 0.396 e. The Balaban J connectivity index is 1.72. The van der Waals surface area contributed by atoms with Gasteiger partial charge in [0.25, 0.3) is 0 Å². The lowest BCUT2D eigenvalue weighted by atomic mass is 10.0. The van der Waals surface area contributed by atoms with E-state index in [2.05, 4.69) is 5.32 Å². The molecule has 1 amide bonds. The van der Waals surface area contributed by atoms with E-state index in [-0.39, 0.29) is 30.0 Å². The van der Waals surface area contributed by atoms with Gasteiger partial charge >= 0.3 is 0 Å². The third-order valence-electron chi connectivity index (χ3n) is 3.81. The summed E-state index contributed by atoms with van der Waals surface area (Å²) in [5.74, 6) is 0.147. The van der Waals surface area contributed by atoms with Crippen molar-refractivity contribution < 1.29 is 14.6 Å². The first-order chi connectivity index (χ1) is 7.65. The zero-order chi connectivity index (χ0) is 11.6. The number of hydrogen-bond acceptors (Lipinski definition) is 3. The Morgan fingerprint density at radius 1 is 1.56 bits per heavy atom. The molecule has 2 aliphatic rings. The van der Waals surface area contributed by atoms with Crippen LogP contribution in [0.3, 0.4) is 0 Å². The van der Waals surface area contributed by atoms with E-state index in [0.717, 1.165) is 32.2 Å². The highest BCUT2D eigenvalue weighted by atomic mass is 16.5. The van der Waals surface area contributed by atoms with Crippen LogP contribution in [0.5, 0.6) is 0 Å². The summed E-state index contributed by atoms with van der Waals surface area (Å²) in [6, 6.07) is 0. The number of nitrogens with one attached hydrogen (secondary N) is 1. The number of hydrogen-bond donors (Lipinski definition) is 2. The molecule has 2 fully saturated rings. The summed E-state index contributed by atoms with van der Waals surface area (Å²) in [5.41, 5.74) is 0.204. The third-order valence-corrected chi connectivity index (χ3v) is 3.81. The third kappa shape index (κ3) is 2.74. The second-order valence-corrected chi connectivity index (χ2v) is 5.27. The second kappa shape index (κ2) is 4.72. The molecule has 2 atom stereocenters. The van der Waals surface area contributed by atoms with Crippen LogP contribution in [0.4, 0.5) is 0 Å². The van der Waals surface area contributed by atoms with Gasteiger partial charge in [-0.3, -0.25) is 4.79 Å². The van der Waals surface area contributed by atoms with Crippen LogP contribution in [0.25, 0.3) is 0 Å². The lowest BCUT2D eigenvalue weighted by Gasteiger charge is -2.16. The normalized spacial score (nSPS) is 31.4. The monoisotopic (exact) mass is 227 g/mol. The quantitative estimate of drug-likeness (QED) is 0.726. The van der Waals surface area contributed by atoms with Crippen molar-refractivity contribution in [1.82, 2.24) is 5.32 Å². The summed E-state index contributed by atoms with van der Waals surface area (Å²) in [4.78, 5) is 11.8. The van der Waals surface area contributed by atoms with E-state index in [4.69, 9.17) is 9.84 Å². The van der Waals surface area contributed by atoms with Gasteiger partial charge in [-0.15, -0.1) is 0 Å². The van der Waals surface area contributed by atoms with Crippen molar-refractivity contribution >= 4 is 5.91 Å². The van der Waals surface area contributed by atoms with Crippen LogP contribution in [0.1, 0.15) is 32.6 Å². The summed E-state index contributed by atoms with van der Waals surface area (Å²) in [6.07, 6.45) is 4.11. The van der Waals surface area contributed by atoms with Crippen LogP contribution in [0.15, 0.2) is 0 Å². The molecule has 1 saturated carbocycles. The number of ether oxygens (including phenoxy) is 1. The van der Waals surface area contributed by atoms with E-state index >= 15 is 0 Å². The fourth-order valence-corrected chi connectivity index (χ4v) is 2.35. The number of amides is 1. The summed E-state index contributed by atoms with van der Waals surface area (Å²) in [6.45, 7) is 3.50. The van der Waals surface area contributed by atoms with Gasteiger partial charge in [0, 0.05) is 13.2 Å². The Bertz CT molecular complexity index is 263. The molecule has 1 aliphatic carbocycles. The molecule has 0 aromatic carbocycles. The molecule has 1 heterocycles. The molecule has 2 rings (SSSR count). The van der Waals surface area contributed by atoms with E-state index < -0.39 is 0 Å². The molecule has 0 radical (unpaired) electrons. The molecule has 0 bridgehead atoms. The van der Waals surface area contributed by atoms with Gasteiger partial charge in [-0.25, -0.2) is 0 Å². The minimum Gasteiger partial charge on any atom is -0.396 e. The standard InChI is InChI=1S/C12H21NO3/c1-9-6-10(7-16-9)11(15)13-8-12(2-3-12)4-5-14/h9-10,14H,2-8H2,1H3,(H,13,15). The maximum Gasteiger partial charge on any atom is 0.225 e. The van der Waals surface area contributed by atoms with Gasteiger partial charge < -0.3 is 15.2 Å². The molecule has 92 valence electrons. The number of aliphatic hydroxyl groups excluding tert-OH is 1. The minimum absolute atomic E-state index is 0.0277. The van der Waals surface area contributed by atoms with Crippen molar-refractivity contribution in [2.75, 3.05) is 19.8 Å². The molecule has 1 aliphatic heterocycles. The molecule has 4 heteroatoms. The highest BCUT2D eigenvalue weighted by Crippen LogP contribution is 2.47. The molecular formula is C12H21NO3. The second-order valence-electron chi connectivity index (χ2n) is 5.27. The van der Waals surface area contributed by atoms with E-state index in [1.807, 2.05) is 6.92 Å². The summed E-state index contributed by atoms with van der Waals surface area (Å²) < 4.78 is 5.38. The Hall–Kier alpha value is -0.610. The van der Waals surface area contributed by atoms with Crippen molar-refractivity contribution in [3.8, 4) is 0 Å². The molecular weight excluding hydrogens is 206 g/mol. The molecule has 4 nitrogen and oxygen atoms in total. The highest BCUT2D eigenvalue weighted by molar-refractivity contribution is 5.79. The van der Waals surface area contributed by atoms with E-state index in [9.17, 15) is 4.79 Å². The van der Waals surface area contributed by atoms with Crippen molar-refractivity contribution in [2.45, 2.75) is 38.7 Å². The zero-order valence-corrected chi connectivity index (χ0v) is 9.87. The van der Waals surface area contributed by atoms with E-state index in [0.29, 0.717) is 6.61 Å².